The molecule has 3 aromatic rings. The van der Waals surface area contributed by atoms with E-state index in [0.717, 1.165) is 28.8 Å². The fourth-order valence-corrected chi connectivity index (χ4v) is 3.91. The average molecular weight is 428 g/mol. The summed E-state index contributed by atoms with van der Waals surface area (Å²) < 4.78 is 43.1. The normalized spacial score (nSPS) is 14.9. The molecule has 1 amide bonds. The molecule has 0 atom stereocenters. The Morgan fingerprint density at radius 3 is 2.68 bits per heavy atom. The van der Waals surface area contributed by atoms with Gasteiger partial charge in [0.05, 0.1) is 17.9 Å². The topological polar surface area (TPSA) is 86.1 Å². The van der Waals surface area contributed by atoms with Crippen LogP contribution in [0, 0.1) is 0 Å². The lowest BCUT2D eigenvalue weighted by molar-refractivity contribution is -0.189. The molecule has 5 rings (SSSR count). The van der Waals surface area contributed by atoms with Crippen molar-refractivity contribution in [3.8, 4) is 28.3 Å². The molecule has 1 N–H and O–H groups in total. The smallest absolute Gasteiger partial charge is 0.420 e. The van der Waals surface area contributed by atoms with E-state index < -0.39 is 12.1 Å². The van der Waals surface area contributed by atoms with Gasteiger partial charge < -0.3 is 10.1 Å². The predicted molar refractivity (Wildman–Crippen MR) is 102 cm³/mol. The summed E-state index contributed by atoms with van der Waals surface area (Å²) in [6.45, 7) is 1.14. The molecule has 0 saturated carbocycles. The van der Waals surface area contributed by atoms with Gasteiger partial charge >= 0.3 is 12.1 Å². The number of carbonyl (C=O) groups is 2. The Morgan fingerprint density at radius 1 is 1.16 bits per heavy atom. The van der Waals surface area contributed by atoms with Gasteiger partial charge in [-0.2, -0.15) is 18.3 Å². The van der Waals surface area contributed by atoms with Gasteiger partial charge in [-0.1, -0.05) is 0 Å². The summed E-state index contributed by atoms with van der Waals surface area (Å²) in [6.07, 6.45) is -1.88. The number of nitrogens with zero attached hydrogens (tertiary/aromatic N) is 3. The molecule has 2 aromatic heterocycles. The van der Waals surface area contributed by atoms with E-state index in [1.165, 1.54) is 24.3 Å². The number of esters is 1. The first-order valence-corrected chi connectivity index (χ1v) is 9.58. The van der Waals surface area contributed by atoms with Crippen LogP contribution in [0.1, 0.15) is 21.6 Å². The minimum Gasteiger partial charge on any atom is -0.420 e. The molecular formula is C21H15F3N4O3. The van der Waals surface area contributed by atoms with E-state index in [9.17, 15) is 22.8 Å². The third-order valence-electron chi connectivity index (χ3n) is 5.35. The maximum atomic E-state index is 12.4. The number of amides is 1. The minimum absolute atomic E-state index is 0.123. The van der Waals surface area contributed by atoms with Crippen molar-refractivity contribution in [2.75, 3.05) is 6.54 Å². The van der Waals surface area contributed by atoms with Crippen LogP contribution in [0.3, 0.4) is 0 Å². The second kappa shape index (κ2) is 6.93. The zero-order valence-corrected chi connectivity index (χ0v) is 16.0. The fraction of sp³-hybridized carbons (Fsp3) is 0.238. The lowest BCUT2D eigenvalue weighted by atomic mass is 9.89. The van der Waals surface area contributed by atoms with Crippen LogP contribution in [0.2, 0.25) is 0 Å². The first kappa shape index (κ1) is 19.3. The minimum atomic E-state index is -5.06. The second-order valence-electron chi connectivity index (χ2n) is 7.29. The van der Waals surface area contributed by atoms with Crippen LogP contribution < -0.4 is 10.1 Å². The molecule has 0 fully saturated rings. The molecule has 1 aromatic carbocycles. The van der Waals surface area contributed by atoms with Gasteiger partial charge in [0.15, 0.2) is 0 Å². The summed E-state index contributed by atoms with van der Waals surface area (Å²) >= 11 is 0. The third-order valence-corrected chi connectivity index (χ3v) is 5.35. The van der Waals surface area contributed by atoms with Gasteiger partial charge in [0.2, 0.25) is 0 Å². The SMILES string of the molecule is O=C1NCCn2nc3c(c21)CCc1cnc(-c2ccc(OC(=O)C(F)(F)F)cc2)cc1-3. The highest BCUT2D eigenvalue weighted by atomic mass is 19.4. The van der Waals surface area contributed by atoms with E-state index in [1.54, 1.807) is 10.9 Å². The number of rotatable bonds is 2. The van der Waals surface area contributed by atoms with Gasteiger partial charge in [0, 0.05) is 29.4 Å². The fourth-order valence-electron chi connectivity index (χ4n) is 3.91. The molecule has 1 aliphatic carbocycles. The molecule has 158 valence electrons. The van der Waals surface area contributed by atoms with Gasteiger partial charge in [0.1, 0.15) is 11.4 Å². The predicted octanol–water partition coefficient (Wildman–Crippen LogP) is 2.92. The van der Waals surface area contributed by atoms with E-state index >= 15 is 0 Å². The zero-order chi connectivity index (χ0) is 21.8. The largest absolute Gasteiger partial charge is 0.491 e. The summed E-state index contributed by atoms with van der Waals surface area (Å²) in [7, 11) is 0. The van der Waals surface area contributed by atoms with Crippen molar-refractivity contribution in [1.29, 1.82) is 0 Å². The number of pyridine rings is 1. The van der Waals surface area contributed by atoms with Crippen LogP contribution in [0.25, 0.3) is 22.5 Å². The molecule has 10 heteroatoms. The third kappa shape index (κ3) is 3.33. The number of benzene rings is 1. The Hall–Kier alpha value is -3.69. The Labute approximate surface area is 173 Å². The molecule has 2 aliphatic rings. The van der Waals surface area contributed by atoms with E-state index in [1.807, 2.05) is 6.07 Å². The van der Waals surface area contributed by atoms with Crippen LogP contribution in [0.15, 0.2) is 36.5 Å². The van der Waals surface area contributed by atoms with Gasteiger partial charge in [-0.25, -0.2) is 4.79 Å². The molecule has 31 heavy (non-hydrogen) atoms. The van der Waals surface area contributed by atoms with Crippen LogP contribution >= 0.6 is 0 Å². The summed E-state index contributed by atoms with van der Waals surface area (Å²) in [6, 6.07) is 7.49. The van der Waals surface area contributed by atoms with Gasteiger partial charge in [0.25, 0.3) is 5.91 Å². The second-order valence-corrected chi connectivity index (χ2v) is 7.29. The molecular weight excluding hydrogens is 413 g/mol. The first-order valence-electron chi connectivity index (χ1n) is 9.58. The van der Waals surface area contributed by atoms with Crippen LogP contribution in [-0.4, -0.2) is 39.4 Å². The molecule has 3 heterocycles. The summed E-state index contributed by atoms with van der Waals surface area (Å²) in [4.78, 5) is 27.7. The Morgan fingerprint density at radius 2 is 1.94 bits per heavy atom. The van der Waals surface area contributed by atoms with Crippen molar-refractivity contribution in [1.82, 2.24) is 20.1 Å². The molecule has 0 radical (unpaired) electrons. The van der Waals surface area contributed by atoms with E-state index in [2.05, 4.69) is 20.1 Å². The molecule has 1 aliphatic heterocycles. The number of halogens is 3. The van der Waals surface area contributed by atoms with Gasteiger partial charge in [-0.3, -0.25) is 14.5 Å². The highest BCUT2D eigenvalue weighted by Gasteiger charge is 2.41. The lowest BCUT2D eigenvalue weighted by Gasteiger charge is -2.18. The van der Waals surface area contributed by atoms with Crippen molar-refractivity contribution in [3.63, 3.8) is 0 Å². The van der Waals surface area contributed by atoms with Crippen LogP contribution in [0.4, 0.5) is 13.2 Å². The number of hydrogen-bond acceptors (Lipinski definition) is 5. The number of ether oxygens (including phenoxy) is 1. The number of nitrogens with one attached hydrogen (secondary N) is 1. The summed E-state index contributed by atoms with van der Waals surface area (Å²) in [5.41, 5.74) is 5.40. The van der Waals surface area contributed by atoms with Crippen LogP contribution in [-0.2, 0) is 24.2 Å². The summed E-state index contributed by atoms with van der Waals surface area (Å²) in [5, 5.41) is 7.50. The van der Waals surface area contributed by atoms with Gasteiger partial charge in [-0.05, 0) is 48.7 Å². The van der Waals surface area contributed by atoms with E-state index in [0.29, 0.717) is 36.5 Å². The van der Waals surface area contributed by atoms with Crippen molar-refractivity contribution in [2.45, 2.75) is 25.6 Å². The average Bonchev–Trinajstić information content (AvgIpc) is 3.14. The number of hydrogen-bond donors (Lipinski definition) is 1. The molecule has 0 bridgehead atoms. The van der Waals surface area contributed by atoms with E-state index in [4.69, 9.17) is 0 Å². The van der Waals surface area contributed by atoms with Crippen molar-refractivity contribution in [3.05, 3.63) is 53.3 Å². The zero-order valence-electron chi connectivity index (χ0n) is 16.0. The monoisotopic (exact) mass is 428 g/mol. The van der Waals surface area contributed by atoms with Crippen molar-refractivity contribution >= 4 is 11.9 Å². The first-order chi connectivity index (χ1) is 14.8. The maximum absolute atomic E-state index is 12.4. The Kier molecular flexibility index (Phi) is 4.31. The van der Waals surface area contributed by atoms with Crippen LogP contribution in [0.5, 0.6) is 5.75 Å². The maximum Gasteiger partial charge on any atom is 0.491 e. The lowest BCUT2D eigenvalue weighted by Crippen LogP contribution is -2.36. The number of alkyl halides is 3. The number of carbonyl (C=O) groups excluding carboxylic acids is 2. The number of fused-ring (bicyclic) bond motifs is 5. The molecule has 0 saturated heterocycles. The molecule has 7 nitrogen and oxygen atoms in total. The van der Waals surface area contributed by atoms with E-state index in [-0.39, 0.29) is 11.7 Å². The number of aryl methyl sites for hydroxylation is 1. The van der Waals surface area contributed by atoms with Crippen molar-refractivity contribution < 1.29 is 27.5 Å². The quantitative estimate of drug-likeness (QED) is 0.501. The molecule has 0 spiro atoms. The number of aromatic nitrogens is 3. The highest BCUT2D eigenvalue weighted by molar-refractivity contribution is 5.97. The Balaban J connectivity index is 1.48. The Bertz CT molecular complexity index is 1220. The highest BCUT2D eigenvalue weighted by Crippen LogP contribution is 2.37. The molecule has 0 unspecified atom stereocenters. The standard InChI is InChI=1S/C21H15F3N4O3/c22-21(23,24)20(30)31-13-4-1-11(2-5-13)16-9-15-12(10-26-16)3-6-14-17(15)27-28-8-7-25-19(29)18(14)28/h1-2,4-5,9-10H,3,6-8H2,(H,25,29). The van der Waals surface area contributed by atoms with Crippen molar-refractivity contribution in [2.24, 2.45) is 0 Å². The summed E-state index contributed by atoms with van der Waals surface area (Å²) in [5.74, 6) is -2.60. The van der Waals surface area contributed by atoms with Gasteiger partial charge in [-0.15, -0.1) is 0 Å².